The minimum atomic E-state index is -0.993. The SMILES string of the molecule is O=C(Nc1nccs1)[C@H](CO)NC(=O)C1(c2ccccc2)CC1. The average Bonchev–Trinajstić information content (AvgIpc) is 3.24. The number of carbonyl (C=O) groups is 2. The summed E-state index contributed by atoms with van der Waals surface area (Å²) in [5, 5.41) is 16.8. The number of aromatic nitrogens is 1. The van der Waals surface area contributed by atoms with Gasteiger partial charge in [0.2, 0.25) is 5.91 Å². The van der Waals surface area contributed by atoms with Crippen molar-refractivity contribution >= 4 is 28.3 Å². The summed E-state index contributed by atoms with van der Waals surface area (Å²) >= 11 is 1.28. The zero-order chi connectivity index (χ0) is 16.3. The van der Waals surface area contributed by atoms with Crippen LogP contribution in [-0.2, 0) is 15.0 Å². The molecule has 0 aliphatic heterocycles. The second kappa shape index (κ2) is 6.47. The van der Waals surface area contributed by atoms with Crippen molar-refractivity contribution in [2.75, 3.05) is 11.9 Å². The fourth-order valence-corrected chi connectivity index (χ4v) is 3.03. The third-order valence-electron chi connectivity index (χ3n) is 3.98. The summed E-state index contributed by atoms with van der Waals surface area (Å²) in [5.74, 6) is -0.697. The number of rotatable bonds is 6. The molecule has 2 amide bonds. The number of benzene rings is 1. The van der Waals surface area contributed by atoms with E-state index in [1.54, 1.807) is 11.6 Å². The standard InChI is InChI=1S/C16H17N3O3S/c20-10-12(13(21)19-15-17-8-9-23-15)18-14(22)16(6-7-16)11-4-2-1-3-5-11/h1-5,8-9,12,20H,6-7,10H2,(H,18,22)(H,17,19,21)/t12-/m0/s1. The van der Waals surface area contributed by atoms with Crippen LogP contribution in [0.4, 0.5) is 5.13 Å². The Kier molecular flexibility index (Phi) is 4.40. The zero-order valence-electron chi connectivity index (χ0n) is 12.4. The molecule has 3 rings (SSSR count). The molecule has 0 radical (unpaired) electrons. The maximum Gasteiger partial charge on any atom is 0.251 e. The first-order chi connectivity index (χ1) is 11.2. The molecule has 120 valence electrons. The van der Waals surface area contributed by atoms with Gasteiger partial charge in [-0.1, -0.05) is 30.3 Å². The van der Waals surface area contributed by atoms with E-state index in [1.165, 1.54) is 11.3 Å². The van der Waals surface area contributed by atoms with Crippen molar-refractivity contribution in [1.82, 2.24) is 10.3 Å². The van der Waals surface area contributed by atoms with Gasteiger partial charge in [0.05, 0.1) is 12.0 Å². The molecule has 6 nitrogen and oxygen atoms in total. The molecule has 0 spiro atoms. The Morgan fingerprint density at radius 2 is 2.04 bits per heavy atom. The highest BCUT2D eigenvalue weighted by Crippen LogP contribution is 2.48. The first kappa shape index (κ1) is 15.6. The molecule has 1 aliphatic carbocycles. The Morgan fingerprint density at radius 1 is 1.30 bits per heavy atom. The first-order valence-electron chi connectivity index (χ1n) is 7.33. The highest BCUT2D eigenvalue weighted by molar-refractivity contribution is 7.13. The quantitative estimate of drug-likeness (QED) is 0.744. The fraction of sp³-hybridized carbons (Fsp3) is 0.312. The third-order valence-corrected chi connectivity index (χ3v) is 4.67. The predicted molar refractivity (Wildman–Crippen MR) is 87.1 cm³/mol. The van der Waals surface area contributed by atoms with E-state index in [9.17, 15) is 14.7 Å². The van der Waals surface area contributed by atoms with Crippen molar-refractivity contribution in [3.05, 3.63) is 47.5 Å². The van der Waals surface area contributed by atoms with Gasteiger partial charge in [0.15, 0.2) is 5.13 Å². The minimum absolute atomic E-state index is 0.225. The summed E-state index contributed by atoms with van der Waals surface area (Å²) in [7, 11) is 0. The number of anilines is 1. The molecule has 7 heteroatoms. The van der Waals surface area contributed by atoms with Gasteiger partial charge < -0.3 is 15.7 Å². The van der Waals surface area contributed by atoms with Gasteiger partial charge in [0, 0.05) is 11.6 Å². The van der Waals surface area contributed by atoms with Crippen LogP contribution in [0.15, 0.2) is 41.9 Å². The van der Waals surface area contributed by atoms with Gasteiger partial charge in [-0.05, 0) is 18.4 Å². The summed E-state index contributed by atoms with van der Waals surface area (Å²) in [6.07, 6.45) is 3.06. The van der Waals surface area contributed by atoms with Gasteiger partial charge in [-0.2, -0.15) is 0 Å². The van der Waals surface area contributed by atoms with Gasteiger partial charge in [0.25, 0.3) is 5.91 Å². The molecule has 0 saturated heterocycles. The van der Waals surface area contributed by atoms with Crippen molar-refractivity contribution in [2.45, 2.75) is 24.3 Å². The first-order valence-corrected chi connectivity index (χ1v) is 8.21. The Labute approximate surface area is 137 Å². The summed E-state index contributed by atoms with van der Waals surface area (Å²) in [6, 6.07) is 8.51. The number of hydrogen-bond acceptors (Lipinski definition) is 5. The van der Waals surface area contributed by atoms with Crippen LogP contribution in [0, 0.1) is 0 Å². The number of amides is 2. The van der Waals surface area contributed by atoms with E-state index >= 15 is 0 Å². The summed E-state index contributed by atoms with van der Waals surface area (Å²) in [5.41, 5.74) is 0.366. The van der Waals surface area contributed by atoms with Gasteiger partial charge in [-0.25, -0.2) is 4.98 Å². The Morgan fingerprint density at radius 3 is 2.61 bits per heavy atom. The Balaban J connectivity index is 1.67. The molecule has 1 aromatic heterocycles. The molecule has 0 unspecified atom stereocenters. The molecule has 1 fully saturated rings. The van der Waals surface area contributed by atoms with Gasteiger partial charge in [-0.15, -0.1) is 11.3 Å². The van der Waals surface area contributed by atoms with Crippen LogP contribution >= 0.6 is 11.3 Å². The molecule has 3 N–H and O–H groups in total. The minimum Gasteiger partial charge on any atom is -0.394 e. The maximum atomic E-state index is 12.6. The van der Waals surface area contributed by atoms with E-state index in [1.807, 2.05) is 30.3 Å². The number of aliphatic hydroxyl groups excluding tert-OH is 1. The van der Waals surface area contributed by atoms with Gasteiger partial charge >= 0.3 is 0 Å². The van der Waals surface area contributed by atoms with E-state index in [0.717, 1.165) is 18.4 Å². The van der Waals surface area contributed by atoms with Crippen molar-refractivity contribution < 1.29 is 14.7 Å². The van der Waals surface area contributed by atoms with Gasteiger partial charge in [-0.3, -0.25) is 9.59 Å². The molecule has 0 bridgehead atoms. The molecule has 1 aromatic carbocycles. The monoisotopic (exact) mass is 331 g/mol. The molecular formula is C16H17N3O3S. The molecule has 23 heavy (non-hydrogen) atoms. The lowest BCUT2D eigenvalue weighted by Gasteiger charge is -2.20. The highest BCUT2D eigenvalue weighted by atomic mass is 32.1. The number of nitrogens with zero attached hydrogens (tertiary/aromatic N) is 1. The summed E-state index contributed by atoms with van der Waals surface area (Å²) in [4.78, 5) is 28.7. The predicted octanol–water partition coefficient (Wildman–Crippen LogP) is 1.29. The van der Waals surface area contributed by atoms with Crippen molar-refractivity contribution in [3.63, 3.8) is 0 Å². The normalized spacial score (nSPS) is 16.4. The number of nitrogens with one attached hydrogen (secondary N) is 2. The van der Waals surface area contributed by atoms with E-state index < -0.39 is 24.0 Å². The van der Waals surface area contributed by atoms with Crippen LogP contribution < -0.4 is 10.6 Å². The molecule has 1 aliphatic rings. The fourth-order valence-electron chi connectivity index (χ4n) is 2.50. The van der Waals surface area contributed by atoms with E-state index in [-0.39, 0.29) is 5.91 Å². The van der Waals surface area contributed by atoms with Crippen LogP contribution in [0.3, 0.4) is 0 Å². The van der Waals surface area contributed by atoms with Crippen molar-refractivity contribution in [1.29, 1.82) is 0 Å². The smallest absolute Gasteiger partial charge is 0.251 e. The van der Waals surface area contributed by atoms with Crippen LogP contribution in [-0.4, -0.2) is 34.6 Å². The lowest BCUT2D eigenvalue weighted by atomic mass is 9.94. The van der Waals surface area contributed by atoms with Crippen molar-refractivity contribution in [2.24, 2.45) is 0 Å². The largest absolute Gasteiger partial charge is 0.394 e. The maximum absolute atomic E-state index is 12.6. The number of hydrogen-bond donors (Lipinski definition) is 3. The van der Waals surface area contributed by atoms with Crippen LogP contribution in [0.5, 0.6) is 0 Å². The lowest BCUT2D eigenvalue weighted by molar-refractivity contribution is -0.129. The topological polar surface area (TPSA) is 91.3 Å². The second-order valence-electron chi connectivity index (χ2n) is 5.48. The molecular weight excluding hydrogens is 314 g/mol. The summed E-state index contributed by atoms with van der Waals surface area (Å²) < 4.78 is 0. The zero-order valence-corrected chi connectivity index (χ0v) is 13.2. The average molecular weight is 331 g/mol. The van der Waals surface area contributed by atoms with Crippen molar-refractivity contribution in [3.8, 4) is 0 Å². The third kappa shape index (κ3) is 3.25. The van der Waals surface area contributed by atoms with E-state index in [2.05, 4.69) is 15.6 Å². The van der Waals surface area contributed by atoms with E-state index in [0.29, 0.717) is 5.13 Å². The van der Waals surface area contributed by atoms with Gasteiger partial charge in [0.1, 0.15) is 6.04 Å². The van der Waals surface area contributed by atoms with Crippen LogP contribution in [0.1, 0.15) is 18.4 Å². The molecule has 1 saturated carbocycles. The molecule has 2 aromatic rings. The van der Waals surface area contributed by atoms with E-state index in [4.69, 9.17) is 0 Å². The van der Waals surface area contributed by atoms with Crippen LogP contribution in [0.25, 0.3) is 0 Å². The molecule has 1 heterocycles. The lowest BCUT2D eigenvalue weighted by Crippen LogP contribution is -2.49. The van der Waals surface area contributed by atoms with Crippen LogP contribution in [0.2, 0.25) is 0 Å². The molecule has 1 atom stereocenters. The number of aliphatic hydroxyl groups is 1. The Hall–Kier alpha value is -2.25. The summed E-state index contributed by atoms with van der Waals surface area (Å²) in [6.45, 7) is -0.464. The second-order valence-corrected chi connectivity index (χ2v) is 6.38. The highest BCUT2D eigenvalue weighted by Gasteiger charge is 2.51. The number of thiazole rings is 1. The number of carbonyl (C=O) groups excluding carboxylic acids is 2. The Bertz CT molecular complexity index is 684.